The van der Waals surface area contributed by atoms with Crippen LogP contribution in [-0.4, -0.2) is 78.3 Å². The van der Waals surface area contributed by atoms with Gasteiger partial charge in [-0.1, -0.05) is 53.1 Å². The maximum atomic E-state index is 13.2. The molecule has 0 aliphatic heterocycles. The van der Waals surface area contributed by atoms with Crippen molar-refractivity contribution >= 4 is 34.8 Å². The molecular formula is C51H39N15O3. The highest BCUT2D eigenvalue weighted by molar-refractivity contribution is 6.05. The highest BCUT2D eigenvalue weighted by atomic mass is 16.2. The molecule has 0 unspecified atom stereocenters. The lowest BCUT2D eigenvalue weighted by atomic mass is 10.0. The molecule has 3 heterocycles. The summed E-state index contributed by atoms with van der Waals surface area (Å²) < 4.78 is 4.66. The molecule has 0 spiro atoms. The van der Waals surface area contributed by atoms with E-state index >= 15 is 0 Å². The number of carbonyl (C=O) groups is 3. The Morgan fingerprint density at radius 3 is 0.841 bits per heavy atom. The number of aromatic nitrogens is 12. The van der Waals surface area contributed by atoms with Crippen LogP contribution in [0.25, 0.3) is 51.2 Å². The van der Waals surface area contributed by atoms with Crippen LogP contribution in [0.2, 0.25) is 0 Å². The van der Waals surface area contributed by atoms with Crippen molar-refractivity contribution in [3.63, 3.8) is 0 Å². The van der Waals surface area contributed by atoms with Crippen LogP contribution >= 0.6 is 0 Å². The number of nitrogens with one attached hydrogen (secondary N) is 3. The fourth-order valence-electron chi connectivity index (χ4n) is 7.42. The van der Waals surface area contributed by atoms with Crippen molar-refractivity contribution in [1.29, 1.82) is 0 Å². The van der Waals surface area contributed by atoms with Crippen molar-refractivity contribution in [2.24, 2.45) is 0 Å². The van der Waals surface area contributed by atoms with Gasteiger partial charge in [0.2, 0.25) is 0 Å². The Labute approximate surface area is 393 Å². The Hall–Kier alpha value is -9.84. The summed E-state index contributed by atoms with van der Waals surface area (Å²) in [6, 6.07) is 48.9. The molecule has 69 heavy (non-hydrogen) atoms. The second kappa shape index (κ2) is 18.6. The van der Waals surface area contributed by atoms with Crippen molar-refractivity contribution < 1.29 is 14.4 Å². The smallest absolute Gasteiger partial charge is 0.255 e. The van der Waals surface area contributed by atoms with Crippen LogP contribution in [0.5, 0.6) is 0 Å². The molecule has 0 saturated heterocycles. The summed E-state index contributed by atoms with van der Waals surface area (Å²) in [4.78, 5) is 39.5. The van der Waals surface area contributed by atoms with Gasteiger partial charge in [0.1, 0.15) is 0 Å². The predicted octanol–water partition coefficient (Wildman–Crippen LogP) is 8.30. The Bertz CT molecular complexity index is 3090. The topological polar surface area (TPSA) is 218 Å². The lowest BCUT2D eigenvalue weighted by Crippen LogP contribution is -2.12. The van der Waals surface area contributed by atoms with E-state index in [4.69, 9.17) is 0 Å². The molecule has 3 aromatic heterocycles. The fourth-order valence-corrected chi connectivity index (χ4v) is 7.42. The van der Waals surface area contributed by atoms with Crippen LogP contribution in [-0.2, 0) is 0 Å². The molecule has 0 aliphatic carbocycles. The normalized spacial score (nSPS) is 11.0. The van der Waals surface area contributed by atoms with Gasteiger partial charge < -0.3 is 16.0 Å². The van der Waals surface area contributed by atoms with Crippen molar-refractivity contribution in [1.82, 2.24) is 60.6 Å². The van der Waals surface area contributed by atoms with Crippen LogP contribution in [0, 0.1) is 20.8 Å². The number of anilines is 3. The molecule has 0 atom stereocenters. The second-order valence-electron chi connectivity index (χ2n) is 16.1. The van der Waals surface area contributed by atoms with Crippen molar-refractivity contribution in [3.8, 4) is 51.2 Å². The number of carbonyl (C=O) groups excluding carboxylic acids is 3. The van der Waals surface area contributed by atoms with Gasteiger partial charge in [-0.05, 0) is 179 Å². The first-order chi connectivity index (χ1) is 33.6. The zero-order valence-electron chi connectivity index (χ0n) is 37.2. The number of rotatable bonds is 12. The van der Waals surface area contributed by atoms with Gasteiger partial charge in [-0.25, -0.2) is 0 Å². The van der Waals surface area contributed by atoms with E-state index in [1.807, 2.05) is 112 Å². The summed E-state index contributed by atoms with van der Waals surface area (Å²) in [5.74, 6) is 0.240. The number of nitrogens with zero attached hydrogens (tertiary/aromatic N) is 12. The first-order valence-electron chi connectivity index (χ1n) is 21.6. The minimum atomic E-state index is -0.268. The Balaban J connectivity index is 0.993. The van der Waals surface area contributed by atoms with E-state index < -0.39 is 0 Å². The van der Waals surface area contributed by atoms with Gasteiger partial charge in [0.25, 0.3) is 17.7 Å². The fraction of sp³-hybridized carbons (Fsp3) is 0.0588. The van der Waals surface area contributed by atoms with Crippen LogP contribution in [0.3, 0.4) is 0 Å². The molecule has 336 valence electrons. The van der Waals surface area contributed by atoms with Gasteiger partial charge in [0.05, 0.1) is 17.1 Å². The predicted molar refractivity (Wildman–Crippen MR) is 258 cm³/mol. The first-order valence-corrected chi connectivity index (χ1v) is 21.6. The number of benzene rings is 7. The molecule has 18 nitrogen and oxygen atoms in total. The zero-order chi connectivity index (χ0) is 47.4. The lowest BCUT2D eigenvalue weighted by molar-refractivity contribution is 0.101. The van der Waals surface area contributed by atoms with E-state index in [1.54, 1.807) is 86.8 Å². The molecule has 0 saturated carbocycles. The molecule has 3 N–H and O–H groups in total. The highest BCUT2D eigenvalue weighted by Crippen LogP contribution is 2.33. The maximum absolute atomic E-state index is 13.2. The standard InChI is InChI=1S/C51H39N15O3/c1-31-4-16-40(17-5-31)52-49(67)34-10-22-43(23-11-34)64-46(55-58-61-64)37-28-38(47-56-59-62-65(47)44-24-12-35(13-25-44)50(68)53-41-18-6-32(2)7-19-41)30-39(29-37)48-57-60-63-66(48)45-26-14-36(15-27-45)51(69)54-42-20-8-33(3)9-21-42/h4-30H,1-3H3,(H,52,67)(H,53,68)(H,54,69). The zero-order valence-corrected chi connectivity index (χ0v) is 37.2. The van der Waals surface area contributed by atoms with Gasteiger partial charge in [-0.3, -0.25) is 14.4 Å². The van der Waals surface area contributed by atoms with E-state index in [0.717, 1.165) is 16.7 Å². The molecule has 0 aliphatic rings. The Morgan fingerprint density at radius 1 is 0.348 bits per heavy atom. The molecule has 3 amide bonds. The molecule has 18 heteroatoms. The SMILES string of the molecule is Cc1ccc(NC(=O)c2ccc(-n3nnnc3-c3cc(-c4nnnn4-c4ccc(C(=O)Nc5ccc(C)cc5)cc4)cc(-c4nnnn4-c4ccc(C(=O)Nc5ccc(C)cc5)cc4)c3)cc2)cc1. The summed E-state index contributed by atoms with van der Waals surface area (Å²) >= 11 is 0. The molecular weight excluding hydrogens is 871 g/mol. The molecule has 10 rings (SSSR count). The van der Waals surface area contributed by atoms with Gasteiger partial charge >= 0.3 is 0 Å². The average molecular weight is 910 g/mol. The van der Waals surface area contributed by atoms with Gasteiger partial charge in [0, 0.05) is 50.4 Å². The van der Waals surface area contributed by atoms with E-state index in [-0.39, 0.29) is 17.7 Å². The summed E-state index contributed by atoms with van der Waals surface area (Å²) in [5, 5.41) is 47.2. The van der Waals surface area contributed by atoms with Crippen LogP contribution in [0.1, 0.15) is 47.8 Å². The Kier molecular flexibility index (Phi) is 11.6. The van der Waals surface area contributed by atoms with Crippen molar-refractivity contribution in [2.75, 3.05) is 16.0 Å². The van der Waals surface area contributed by atoms with Crippen LogP contribution in [0.4, 0.5) is 17.1 Å². The van der Waals surface area contributed by atoms with E-state index in [1.165, 1.54) is 0 Å². The first kappa shape index (κ1) is 43.1. The molecule has 7 aromatic carbocycles. The van der Waals surface area contributed by atoms with E-state index in [2.05, 4.69) is 62.5 Å². The molecule has 0 bridgehead atoms. The third-order valence-corrected chi connectivity index (χ3v) is 11.2. The van der Waals surface area contributed by atoms with E-state index in [0.29, 0.717) is 85.0 Å². The molecule has 0 radical (unpaired) electrons. The number of hydrogen-bond acceptors (Lipinski definition) is 12. The minimum Gasteiger partial charge on any atom is -0.322 e. The highest BCUT2D eigenvalue weighted by Gasteiger charge is 2.22. The largest absolute Gasteiger partial charge is 0.322 e. The average Bonchev–Trinajstić information content (AvgIpc) is 4.19. The molecule has 0 fully saturated rings. The van der Waals surface area contributed by atoms with Gasteiger partial charge in [-0.2, -0.15) is 14.0 Å². The van der Waals surface area contributed by atoms with E-state index in [9.17, 15) is 14.4 Å². The maximum Gasteiger partial charge on any atom is 0.255 e. The summed E-state index contributed by atoms with van der Waals surface area (Å²) in [7, 11) is 0. The second-order valence-corrected chi connectivity index (χ2v) is 16.1. The van der Waals surface area contributed by atoms with Crippen LogP contribution in [0.15, 0.2) is 164 Å². The van der Waals surface area contributed by atoms with Crippen molar-refractivity contribution in [2.45, 2.75) is 20.8 Å². The Morgan fingerprint density at radius 2 is 0.594 bits per heavy atom. The summed E-state index contributed by atoms with van der Waals surface area (Å²) in [5.41, 5.74) is 10.0. The number of hydrogen-bond donors (Lipinski definition) is 3. The van der Waals surface area contributed by atoms with Crippen LogP contribution < -0.4 is 16.0 Å². The molecule has 10 aromatic rings. The number of tetrazole rings is 3. The van der Waals surface area contributed by atoms with Crippen molar-refractivity contribution in [3.05, 3.63) is 197 Å². The third kappa shape index (κ3) is 9.34. The minimum absolute atomic E-state index is 0.268. The number of amides is 3. The van der Waals surface area contributed by atoms with Gasteiger partial charge in [0.15, 0.2) is 17.5 Å². The third-order valence-electron chi connectivity index (χ3n) is 11.2. The summed E-state index contributed by atoms with van der Waals surface area (Å²) in [6.07, 6.45) is 0. The number of aryl methyl sites for hydroxylation is 3. The monoisotopic (exact) mass is 909 g/mol. The lowest BCUT2D eigenvalue weighted by Gasteiger charge is -2.12. The van der Waals surface area contributed by atoms with Gasteiger partial charge in [-0.15, -0.1) is 15.3 Å². The quantitative estimate of drug-likeness (QED) is 0.105. The summed E-state index contributed by atoms with van der Waals surface area (Å²) in [6.45, 7) is 5.95.